The lowest BCUT2D eigenvalue weighted by Gasteiger charge is -2.21. The van der Waals surface area contributed by atoms with Crippen molar-refractivity contribution in [2.24, 2.45) is 5.92 Å². The van der Waals surface area contributed by atoms with Crippen LogP contribution in [0.1, 0.15) is 37.3 Å². The molecule has 1 saturated heterocycles. The second kappa shape index (κ2) is 5.70. The molecule has 0 aromatic carbocycles. The quantitative estimate of drug-likeness (QED) is 0.861. The van der Waals surface area contributed by atoms with Crippen molar-refractivity contribution in [3.05, 3.63) is 23.4 Å². The SMILES string of the molecule is Cc1cc(CNC2CC2)cnc1N1CCC(C(C)O)C1. The number of hydrogen-bond acceptors (Lipinski definition) is 4. The number of hydrogen-bond donors (Lipinski definition) is 2. The van der Waals surface area contributed by atoms with Crippen LogP contribution in [0.25, 0.3) is 0 Å². The average molecular weight is 275 g/mol. The standard InChI is InChI=1S/C16H25N3O/c1-11-7-13(8-17-15-3-4-15)9-18-16(11)19-6-5-14(10-19)12(2)20/h7,9,12,14-15,17,20H,3-6,8,10H2,1-2H3. The van der Waals surface area contributed by atoms with Gasteiger partial charge in [0.2, 0.25) is 0 Å². The van der Waals surface area contributed by atoms with Crippen LogP contribution in [0, 0.1) is 12.8 Å². The lowest BCUT2D eigenvalue weighted by atomic mass is 10.0. The number of rotatable bonds is 5. The zero-order valence-electron chi connectivity index (χ0n) is 12.5. The first-order chi connectivity index (χ1) is 9.63. The fourth-order valence-electron chi connectivity index (χ4n) is 2.98. The Morgan fingerprint density at radius 1 is 1.45 bits per heavy atom. The van der Waals surface area contributed by atoms with E-state index in [0.29, 0.717) is 5.92 Å². The zero-order valence-corrected chi connectivity index (χ0v) is 12.5. The Morgan fingerprint density at radius 3 is 2.85 bits per heavy atom. The second-order valence-corrected chi connectivity index (χ2v) is 6.37. The van der Waals surface area contributed by atoms with Crippen molar-refractivity contribution in [1.29, 1.82) is 0 Å². The van der Waals surface area contributed by atoms with E-state index in [2.05, 4.69) is 28.2 Å². The number of aliphatic hydroxyl groups is 1. The van der Waals surface area contributed by atoms with E-state index < -0.39 is 0 Å². The molecule has 1 saturated carbocycles. The third-order valence-corrected chi connectivity index (χ3v) is 4.49. The Kier molecular flexibility index (Phi) is 3.94. The predicted molar refractivity (Wildman–Crippen MR) is 80.8 cm³/mol. The first kappa shape index (κ1) is 13.8. The number of aromatic nitrogens is 1. The van der Waals surface area contributed by atoms with E-state index in [-0.39, 0.29) is 6.10 Å². The van der Waals surface area contributed by atoms with Crippen molar-refractivity contribution in [2.45, 2.75) is 51.8 Å². The lowest BCUT2D eigenvalue weighted by molar-refractivity contribution is 0.136. The zero-order chi connectivity index (χ0) is 14.1. The highest BCUT2D eigenvalue weighted by molar-refractivity contribution is 5.48. The molecule has 1 aromatic rings. The molecule has 0 radical (unpaired) electrons. The van der Waals surface area contributed by atoms with Gasteiger partial charge in [-0.2, -0.15) is 0 Å². The minimum atomic E-state index is -0.220. The summed E-state index contributed by atoms with van der Waals surface area (Å²) in [6, 6.07) is 2.98. The van der Waals surface area contributed by atoms with Crippen LogP contribution >= 0.6 is 0 Å². The van der Waals surface area contributed by atoms with Crippen molar-refractivity contribution in [3.8, 4) is 0 Å². The van der Waals surface area contributed by atoms with E-state index in [1.54, 1.807) is 0 Å². The number of nitrogens with one attached hydrogen (secondary N) is 1. The molecule has 2 heterocycles. The fraction of sp³-hybridized carbons (Fsp3) is 0.688. The molecule has 1 aliphatic heterocycles. The first-order valence-corrected chi connectivity index (χ1v) is 7.75. The van der Waals surface area contributed by atoms with Gasteiger partial charge in [-0.05, 0) is 50.3 Å². The summed E-state index contributed by atoms with van der Waals surface area (Å²) in [5.74, 6) is 1.47. The Balaban J connectivity index is 1.64. The van der Waals surface area contributed by atoms with Crippen LogP contribution in [0.3, 0.4) is 0 Å². The molecule has 0 amide bonds. The molecule has 4 heteroatoms. The van der Waals surface area contributed by atoms with E-state index in [4.69, 9.17) is 0 Å². The van der Waals surface area contributed by atoms with Gasteiger partial charge in [0.25, 0.3) is 0 Å². The van der Waals surface area contributed by atoms with Gasteiger partial charge in [-0.25, -0.2) is 4.98 Å². The van der Waals surface area contributed by atoms with Gasteiger partial charge in [-0.15, -0.1) is 0 Å². The highest BCUT2D eigenvalue weighted by Crippen LogP contribution is 2.27. The van der Waals surface area contributed by atoms with Crippen LogP contribution in [0.2, 0.25) is 0 Å². The summed E-state index contributed by atoms with van der Waals surface area (Å²) in [5, 5.41) is 13.2. The van der Waals surface area contributed by atoms with E-state index in [0.717, 1.165) is 37.9 Å². The summed E-state index contributed by atoms with van der Waals surface area (Å²) in [6.07, 6.45) is 5.47. The van der Waals surface area contributed by atoms with Gasteiger partial charge in [0.1, 0.15) is 5.82 Å². The van der Waals surface area contributed by atoms with E-state index in [9.17, 15) is 5.11 Å². The number of anilines is 1. The van der Waals surface area contributed by atoms with E-state index >= 15 is 0 Å². The number of aliphatic hydroxyl groups excluding tert-OH is 1. The summed E-state index contributed by atoms with van der Waals surface area (Å²) < 4.78 is 0. The highest BCUT2D eigenvalue weighted by Gasteiger charge is 2.27. The smallest absolute Gasteiger partial charge is 0.131 e. The topological polar surface area (TPSA) is 48.4 Å². The van der Waals surface area contributed by atoms with Crippen molar-refractivity contribution in [1.82, 2.24) is 10.3 Å². The monoisotopic (exact) mass is 275 g/mol. The summed E-state index contributed by atoms with van der Waals surface area (Å²) in [7, 11) is 0. The molecule has 2 atom stereocenters. The molecule has 110 valence electrons. The van der Waals surface area contributed by atoms with Crippen LogP contribution < -0.4 is 10.2 Å². The van der Waals surface area contributed by atoms with Gasteiger partial charge >= 0.3 is 0 Å². The molecule has 20 heavy (non-hydrogen) atoms. The van der Waals surface area contributed by atoms with Gasteiger partial charge in [0.15, 0.2) is 0 Å². The number of aryl methyl sites for hydroxylation is 1. The van der Waals surface area contributed by atoms with Gasteiger partial charge in [-0.3, -0.25) is 0 Å². The minimum Gasteiger partial charge on any atom is -0.393 e. The molecule has 2 N–H and O–H groups in total. The van der Waals surface area contributed by atoms with Gasteiger partial charge in [0, 0.05) is 37.8 Å². The molecular formula is C16H25N3O. The summed E-state index contributed by atoms with van der Waals surface area (Å²) >= 11 is 0. The fourth-order valence-corrected chi connectivity index (χ4v) is 2.98. The molecule has 0 spiro atoms. The summed E-state index contributed by atoms with van der Waals surface area (Å²) in [4.78, 5) is 6.97. The highest BCUT2D eigenvalue weighted by atomic mass is 16.3. The molecule has 4 nitrogen and oxygen atoms in total. The van der Waals surface area contributed by atoms with Crippen LogP contribution in [0.5, 0.6) is 0 Å². The predicted octanol–water partition coefficient (Wildman–Crippen LogP) is 1.85. The van der Waals surface area contributed by atoms with Crippen molar-refractivity contribution in [3.63, 3.8) is 0 Å². The second-order valence-electron chi connectivity index (χ2n) is 6.37. The maximum absolute atomic E-state index is 9.70. The molecule has 2 unspecified atom stereocenters. The molecule has 1 aromatic heterocycles. The Bertz CT molecular complexity index is 471. The Labute approximate surface area is 121 Å². The molecule has 2 aliphatic rings. The maximum Gasteiger partial charge on any atom is 0.131 e. The third kappa shape index (κ3) is 3.13. The Morgan fingerprint density at radius 2 is 2.25 bits per heavy atom. The minimum absolute atomic E-state index is 0.220. The number of nitrogens with zero attached hydrogens (tertiary/aromatic N) is 2. The van der Waals surface area contributed by atoms with Gasteiger partial charge in [0.05, 0.1) is 6.10 Å². The van der Waals surface area contributed by atoms with Crippen LogP contribution in [0.4, 0.5) is 5.82 Å². The van der Waals surface area contributed by atoms with E-state index in [1.165, 1.54) is 24.0 Å². The van der Waals surface area contributed by atoms with Gasteiger partial charge in [-0.1, -0.05) is 0 Å². The normalized spacial score (nSPS) is 24.1. The van der Waals surface area contributed by atoms with Crippen molar-refractivity contribution >= 4 is 5.82 Å². The third-order valence-electron chi connectivity index (χ3n) is 4.49. The summed E-state index contributed by atoms with van der Waals surface area (Å²) in [6.45, 7) is 6.88. The number of pyridine rings is 1. The average Bonchev–Trinajstić information content (AvgIpc) is 3.11. The van der Waals surface area contributed by atoms with Gasteiger partial charge < -0.3 is 15.3 Å². The lowest BCUT2D eigenvalue weighted by Crippen LogP contribution is -2.25. The molecule has 0 bridgehead atoms. The maximum atomic E-state index is 9.70. The largest absolute Gasteiger partial charge is 0.393 e. The molecule has 3 rings (SSSR count). The Hall–Kier alpha value is -1.13. The molecule has 1 aliphatic carbocycles. The van der Waals surface area contributed by atoms with Crippen LogP contribution in [-0.2, 0) is 6.54 Å². The van der Waals surface area contributed by atoms with Crippen molar-refractivity contribution in [2.75, 3.05) is 18.0 Å². The first-order valence-electron chi connectivity index (χ1n) is 7.75. The summed E-state index contributed by atoms with van der Waals surface area (Å²) in [5.41, 5.74) is 2.51. The van der Waals surface area contributed by atoms with Crippen LogP contribution in [0.15, 0.2) is 12.3 Å². The van der Waals surface area contributed by atoms with Crippen LogP contribution in [-0.4, -0.2) is 35.3 Å². The molecule has 2 fully saturated rings. The molecular weight excluding hydrogens is 250 g/mol. The van der Waals surface area contributed by atoms with E-state index in [1.807, 2.05) is 13.1 Å². The van der Waals surface area contributed by atoms with Crippen molar-refractivity contribution < 1.29 is 5.11 Å².